The van der Waals surface area contributed by atoms with E-state index in [-0.39, 0.29) is 12.0 Å². The fourth-order valence-electron chi connectivity index (χ4n) is 3.47. The molecule has 1 aromatic carbocycles. The molecular weight excluding hydrogens is 402 g/mol. The average Bonchev–Trinajstić information content (AvgIpc) is 3.44. The number of rotatable bonds is 8. The van der Waals surface area contributed by atoms with E-state index < -0.39 is 0 Å². The molecule has 1 atom stereocenters. The van der Waals surface area contributed by atoms with Gasteiger partial charge >= 0.3 is 5.97 Å². The predicted molar refractivity (Wildman–Crippen MR) is 115 cm³/mol. The Morgan fingerprint density at radius 1 is 1.27 bits per heavy atom. The Hall–Kier alpha value is -2.84. The van der Waals surface area contributed by atoms with Crippen molar-refractivity contribution in [1.29, 1.82) is 0 Å². The molecule has 158 valence electrons. The van der Waals surface area contributed by atoms with Gasteiger partial charge in [0.1, 0.15) is 18.8 Å². The summed E-state index contributed by atoms with van der Waals surface area (Å²) in [5.41, 5.74) is 2.01. The molecule has 0 bridgehead atoms. The van der Waals surface area contributed by atoms with E-state index in [1.165, 1.54) is 4.88 Å². The average molecular weight is 428 g/mol. The lowest BCUT2D eigenvalue weighted by Crippen LogP contribution is -2.23. The van der Waals surface area contributed by atoms with Gasteiger partial charge in [0, 0.05) is 23.5 Å². The van der Waals surface area contributed by atoms with Crippen molar-refractivity contribution in [3.63, 3.8) is 0 Å². The predicted octanol–water partition coefficient (Wildman–Crippen LogP) is 4.12. The number of benzene rings is 1. The summed E-state index contributed by atoms with van der Waals surface area (Å²) < 4.78 is 18.3. The zero-order chi connectivity index (χ0) is 20.9. The first-order chi connectivity index (χ1) is 14.7. The zero-order valence-corrected chi connectivity index (χ0v) is 17.9. The summed E-state index contributed by atoms with van der Waals surface area (Å²) in [4.78, 5) is 13.8. The minimum atomic E-state index is -0.373. The Morgan fingerprint density at radius 3 is 2.83 bits per heavy atom. The highest BCUT2D eigenvalue weighted by Crippen LogP contribution is 2.32. The molecule has 0 saturated heterocycles. The van der Waals surface area contributed by atoms with E-state index >= 15 is 0 Å². The minimum absolute atomic E-state index is 0.198. The SMILES string of the molecule is CCOC(=O)c1cnn(-c2ccc3c(c2)OCCO3)c1CNC(CC)c1cccs1. The maximum absolute atomic E-state index is 12.5. The van der Waals surface area contributed by atoms with Gasteiger partial charge in [-0.1, -0.05) is 13.0 Å². The molecule has 30 heavy (non-hydrogen) atoms. The lowest BCUT2D eigenvalue weighted by Gasteiger charge is -2.20. The number of nitrogens with one attached hydrogen (secondary N) is 1. The minimum Gasteiger partial charge on any atom is -0.486 e. The van der Waals surface area contributed by atoms with Gasteiger partial charge in [-0.25, -0.2) is 9.48 Å². The van der Waals surface area contributed by atoms with Gasteiger partial charge in [-0.15, -0.1) is 11.3 Å². The Morgan fingerprint density at radius 2 is 2.10 bits per heavy atom. The van der Waals surface area contributed by atoms with Crippen LogP contribution in [0.1, 0.15) is 47.2 Å². The van der Waals surface area contributed by atoms with Crippen LogP contribution in [0.25, 0.3) is 5.69 Å². The van der Waals surface area contributed by atoms with Crippen molar-refractivity contribution < 1.29 is 19.0 Å². The van der Waals surface area contributed by atoms with Crippen molar-refractivity contribution in [3.05, 3.63) is 58.0 Å². The van der Waals surface area contributed by atoms with Gasteiger partial charge in [-0.2, -0.15) is 5.10 Å². The van der Waals surface area contributed by atoms with Crippen LogP contribution in [-0.4, -0.2) is 35.6 Å². The van der Waals surface area contributed by atoms with Gasteiger partial charge in [-0.3, -0.25) is 0 Å². The van der Waals surface area contributed by atoms with Crippen molar-refractivity contribution in [3.8, 4) is 17.2 Å². The van der Waals surface area contributed by atoms with Crippen LogP contribution in [0, 0.1) is 0 Å². The quantitative estimate of drug-likeness (QED) is 0.545. The van der Waals surface area contributed by atoms with Gasteiger partial charge in [0.25, 0.3) is 0 Å². The molecule has 0 aliphatic carbocycles. The molecule has 1 N–H and O–H groups in total. The lowest BCUT2D eigenvalue weighted by molar-refractivity contribution is 0.0524. The molecule has 1 unspecified atom stereocenters. The summed E-state index contributed by atoms with van der Waals surface area (Å²) in [5.74, 6) is 1.02. The van der Waals surface area contributed by atoms with Crippen LogP contribution in [-0.2, 0) is 11.3 Å². The largest absolute Gasteiger partial charge is 0.486 e. The molecule has 7 nitrogen and oxygen atoms in total. The highest BCUT2D eigenvalue weighted by Gasteiger charge is 2.22. The number of carbonyl (C=O) groups excluding carboxylic acids is 1. The zero-order valence-electron chi connectivity index (χ0n) is 17.1. The number of hydrogen-bond acceptors (Lipinski definition) is 7. The molecule has 1 aliphatic heterocycles. The topological polar surface area (TPSA) is 74.6 Å². The third kappa shape index (κ3) is 4.20. The molecular formula is C22H25N3O4S. The Balaban J connectivity index is 1.66. The second-order valence-electron chi connectivity index (χ2n) is 6.82. The molecule has 0 amide bonds. The van der Waals surface area contributed by atoms with Crippen molar-refractivity contribution in [2.75, 3.05) is 19.8 Å². The van der Waals surface area contributed by atoms with Crippen LogP contribution < -0.4 is 14.8 Å². The van der Waals surface area contributed by atoms with Crippen LogP contribution in [0.3, 0.4) is 0 Å². The summed E-state index contributed by atoms with van der Waals surface area (Å²) >= 11 is 1.72. The summed E-state index contributed by atoms with van der Waals surface area (Å²) in [6.45, 7) is 5.77. The van der Waals surface area contributed by atoms with E-state index in [2.05, 4.69) is 28.8 Å². The lowest BCUT2D eigenvalue weighted by atomic mass is 10.1. The Labute approximate surface area is 179 Å². The molecule has 1 aliphatic rings. The number of fused-ring (bicyclic) bond motifs is 1. The van der Waals surface area contributed by atoms with E-state index in [1.807, 2.05) is 24.3 Å². The molecule has 0 fully saturated rings. The van der Waals surface area contributed by atoms with E-state index in [0.29, 0.717) is 43.4 Å². The highest BCUT2D eigenvalue weighted by atomic mass is 32.1. The maximum Gasteiger partial charge on any atom is 0.341 e. The Kier molecular flexibility index (Phi) is 6.35. The summed E-state index contributed by atoms with van der Waals surface area (Å²) in [5, 5.41) is 10.1. The van der Waals surface area contributed by atoms with Gasteiger partial charge in [-0.05, 0) is 36.9 Å². The number of thiophene rings is 1. The van der Waals surface area contributed by atoms with Crippen LogP contribution >= 0.6 is 11.3 Å². The second kappa shape index (κ2) is 9.32. The first-order valence-corrected chi connectivity index (χ1v) is 11.0. The monoisotopic (exact) mass is 427 g/mol. The van der Waals surface area contributed by atoms with Gasteiger partial charge in [0.05, 0.1) is 24.2 Å². The van der Waals surface area contributed by atoms with Crippen LogP contribution in [0.15, 0.2) is 41.9 Å². The van der Waals surface area contributed by atoms with Crippen molar-refractivity contribution >= 4 is 17.3 Å². The number of esters is 1. The molecule has 4 rings (SSSR count). The molecule has 0 saturated carbocycles. The molecule has 2 aromatic heterocycles. The molecule has 0 radical (unpaired) electrons. The Bertz CT molecular complexity index is 1000. The highest BCUT2D eigenvalue weighted by molar-refractivity contribution is 7.10. The fourth-order valence-corrected chi connectivity index (χ4v) is 4.35. The summed E-state index contributed by atoms with van der Waals surface area (Å²) in [7, 11) is 0. The maximum atomic E-state index is 12.5. The normalized spacial score (nSPS) is 13.8. The smallest absolute Gasteiger partial charge is 0.341 e. The van der Waals surface area contributed by atoms with Crippen molar-refractivity contribution in [1.82, 2.24) is 15.1 Å². The van der Waals surface area contributed by atoms with E-state index in [0.717, 1.165) is 17.8 Å². The van der Waals surface area contributed by atoms with Crippen LogP contribution in [0.2, 0.25) is 0 Å². The van der Waals surface area contributed by atoms with E-state index in [9.17, 15) is 4.79 Å². The third-order valence-corrected chi connectivity index (χ3v) is 5.93. The standard InChI is InChI=1S/C22H25N3O4S/c1-3-17(21-6-5-11-30-21)23-14-18-16(22(26)27-4-2)13-24-25(18)15-7-8-19-20(12-15)29-10-9-28-19/h5-8,11-13,17,23H,3-4,9-10,14H2,1-2H3. The second-order valence-corrected chi connectivity index (χ2v) is 7.80. The first-order valence-electron chi connectivity index (χ1n) is 10.1. The summed E-state index contributed by atoms with van der Waals surface area (Å²) in [6, 6.07) is 10.0. The van der Waals surface area contributed by atoms with Gasteiger partial charge < -0.3 is 19.5 Å². The number of aromatic nitrogens is 2. The number of hydrogen-bond donors (Lipinski definition) is 1. The van der Waals surface area contributed by atoms with Crippen LogP contribution in [0.4, 0.5) is 0 Å². The number of carbonyl (C=O) groups is 1. The van der Waals surface area contributed by atoms with Crippen LogP contribution in [0.5, 0.6) is 11.5 Å². The number of nitrogens with zero attached hydrogens (tertiary/aromatic N) is 2. The molecule has 3 heterocycles. The molecule has 8 heteroatoms. The summed E-state index contributed by atoms with van der Waals surface area (Å²) in [6.07, 6.45) is 2.51. The van der Waals surface area contributed by atoms with Crippen molar-refractivity contribution in [2.45, 2.75) is 32.9 Å². The molecule has 0 spiro atoms. The first kappa shape index (κ1) is 20.4. The van der Waals surface area contributed by atoms with E-state index in [4.69, 9.17) is 14.2 Å². The fraction of sp³-hybridized carbons (Fsp3) is 0.364. The third-order valence-electron chi connectivity index (χ3n) is 4.95. The van der Waals surface area contributed by atoms with Crippen molar-refractivity contribution in [2.24, 2.45) is 0 Å². The van der Waals surface area contributed by atoms with Gasteiger partial charge in [0.15, 0.2) is 11.5 Å². The number of ether oxygens (including phenoxy) is 3. The molecule has 3 aromatic rings. The van der Waals surface area contributed by atoms with Gasteiger partial charge in [0.2, 0.25) is 0 Å². The van der Waals surface area contributed by atoms with E-state index in [1.54, 1.807) is 29.1 Å².